The first kappa shape index (κ1) is 9.94. The Morgan fingerprint density at radius 1 is 1.45 bits per heavy atom. The number of nitriles is 2. The van der Waals surface area contributed by atoms with Crippen LogP contribution >= 0.6 is 0 Å². The van der Waals surface area contributed by atoms with Crippen LogP contribution in [0.25, 0.3) is 0 Å². The van der Waals surface area contributed by atoms with Gasteiger partial charge in [-0.25, -0.2) is 0 Å². The van der Waals surface area contributed by atoms with Crippen molar-refractivity contribution in [1.29, 1.82) is 10.5 Å². The highest BCUT2D eigenvalue weighted by Gasteiger charge is 2.24. The van der Waals surface area contributed by atoms with Gasteiger partial charge in [0.2, 0.25) is 0 Å². The Bertz CT molecular complexity index is 189. The lowest BCUT2D eigenvalue weighted by Crippen LogP contribution is -2.25. The SMILES string of the molecule is CCCCC(O)(C#N)CC#N. The van der Waals surface area contributed by atoms with Crippen LogP contribution in [0.5, 0.6) is 0 Å². The molecule has 11 heavy (non-hydrogen) atoms. The zero-order chi connectivity index (χ0) is 8.74. The highest BCUT2D eigenvalue weighted by molar-refractivity contribution is 5.04. The highest BCUT2D eigenvalue weighted by atomic mass is 16.3. The molecule has 0 aliphatic rings. The zero-order valence-electron chi connectivity index (χ0n) is 6.67. The summed E-state index contributed by atoms with van der Waals surface area (Å²) in [6, 6.07) is 3.54. The smallest absolute Gasteiger partial charge is 0.163 e. The molecule has 0 fully saturated rings. The Morgan fingerprint density at radius 2 is 2.09 bits per heavy atom. The monoisotopic (exact) mass is 152 g/mol. The van der Waals surface area contributed by atoms with Crippen molar-refractivity contribution in [2.45, 2.75) is 38.2 Å². The van der Waals surface area contributed by atoms with Crippen molar-refractivity contribution in [3.8, 4) is 12.1 Å². The van der Waals surface area contributed by atoms with E-state index in [0.29, 0.717) is 6.42 Å². The molecule has 0 radical (unpaired) electrons. The largest absolute Gasteiger partial charge is 0.374 e. The molecular formula is C8H12N2O. The highest BCUT2D eigenvalue weighted by Crippen LogP contribution is 2.16. The summed E-state index contributed by atoms with van der Waals surface area (Å²) in [5.41, 5.74) is -1.41. The lowest BCUT2D eigenvalue weighted by atomic mass is 9.96. The van der Waals surface area contributed by atoms with Crippen molar-refractivity contribution >= 4 is 0 Å². The van der Waals surface area contributed by atoms with Crippen molar-refractivity contribution < 1.29 is 5.11 Å². The molecule has 0 aliphatic heterocycles. The Hall–Kier alpha value is -1.06. The number of rotatable bonds is 4. The zero-order valence-corrected chi connectivity index (χ0v) is 6.67. The predicted octanol–water partition coefficient (Wildman–Crippen LogP) is 1.34. The van der Waals surface area contributed by atoms with Crippen LogP contribution in [0.1, 0.15) is 32.6 Å². The maximum absolute atomic E-state index is 9.37. The molecule has 1 atom stereocenters. The molecule has 0 aromatic rings. The summed E-state index contributed by atoms with van der Waals surface area (Å²) in [7, 11) is 0. The van der Waals surface area contributed by atoms with E-state index in [1.54, 1.807) is 12.1 Å². The maximum atomic E-state index is 9.37. The van der Waals surface area contributed by atoms with Crippen LogP contribution in [0.15, 0.2) is 0 Å². The molecule has 3 nitrogen and oxygen atoms in total. The lowest BCUT2D eigenvalue weighted by molar-refractivity contribution is 0.0918. The van der Waals surface area contributed by atoms with Crippen LogP contribution < -0.4 is 0 Å². The third-order valence-corrected chi connectivity index (χ3v) is 1.52. The molecule has 0 spiro atoms. The first-order valence-corrected chi connectivity index (χ1v) is 3.69. The van der Waals surface area contributed by atoms with Gasteiger partial charge in [0, 0.05) is 0 Å². The second-order valence-corrected chi connectivity index (χ2v) is 2.58. The van der Waals surface area contributed by atoms with Gasteiger partial charge in [0.1, 0.15) is 0 Å². The van der Waals surface area contributed by atoms with E-state index in [0.717, 1.165) is 12.8 Å². The van der Waals surface area contributed by atoms with Crippen LogP contribution in [0.3, 0.4) is 0 Å². The van der Waals surface area contributed by atoms with Crippen molar-refractivity contribution in [1.82, 2.24) is 0 Å². The van der Waals surface area contributed by atoms with Crippen LogP contribution in [0, 0.1) is 22.7 Å². The van der Waals surface area contributed by atoms with Crippen molar-refractivity contribution in [2.24, 2.45) is 0 Å². The van der Waals surface area contributed by atoms with Gasteiger partial charge < -0.3 is 5.11 Å². The molecule has 60 valence electrons. The molecular weight excluding hydrogens is 140 g/mol. The average Bonchev–Trinajstić information content (AvgIpc) is 2.02. The van der Waals surface area contributed by atoms with Crippen molar-refractivity contribution in [3.63, 3.8) is 0 Å². The summed E-state index contributed by atoms with van der Waals surface area (Å²) < 4.78 is 0. The van der Waals surface area contributed by atoms with E-state index in [1.807, 2.05) is 6.92 Å². The van der Waals surface area contributed by atoms with Gasteiger partial charge in [-0.05, 0) is 12.8 Å². The summed E-state index contributed by atoms with van der Waals surface area (Å²) in [4.78, 5) is 0. The fourth-order valence-electron chi connectivity index (χ4n) is 0.784. The molecule has 0 amide bonds. The molecule has 0 saturated carbocycles. The van der Waals surface area contributed by atoms with Gasteiger partial charge in [0.15, 0.2) is 5.60 Å². The summed E-state index contributed by atoms with van der Waals surface area (Å²) >= 11 is 0. The molecule has 3 heteroatoms. The lowest BCUT2D eigenvalue weighted by Gasteiger charge is -2.14. The van der Waals surface area contributed by atoms with Gasteiger partial charge in [-0.15, -0.1) is 0 Å². The summed E-state index contributed by atoms with van der Waals surface area (Å²) in [6.45, 7) is 1.98. The van der Waals surface area contributed by atoms with E-state index in [1.165, 1.54) is 0 Å². The second-order valence-electron chi connectivity index (χ2n) is 2.58. The van der Waals surface area contributed by atoms with E-state index in [9.17, 15) is 5.11 Å². The molecule has 0 bridgehead atoms. The van der Waals surface area contributed by atoms with Crippen molar-refractivity contribution in [3.05, 3.63) is 0 Å². The van der Waals surface area contributed by atoms with E-state index < -0.39 is 5.60 Å². The van der Waals surface area contributed by atoms with E-state index >= 15 is 0 Å². The van der Waals surface area contributed by atoms with E-state index in [2.05, 4.69) is 0 Å². The van der Waals surface area contributed by atoms with Gasteiger partial charge in [0.25, 0.3) is 0 Å². The van der Waals surface area contributed by atoms with Crippen LogP contribution in [0.2, 0.25) is 0 Å². The van der Waals surface area contributed by atoms with Gasteiger partial charge in [-0.2, -0.15) is 10.5 Å². The average molecular weight is 152 g/mol. The fraction of sp³-hybridized carbons (Fsp3) is 0.750. The predicted molar refractivity (Wildman–Crippen MR) is 40.3 cm³/mol. The molecule has 0 aliphatic carbocycles. The number of hydrogen-bond acceptors (Lipinski definition) is 3. The third-order valence-electron chi connectivity index (χ3n) is 1.52. The van der Waals surface area contributed by atoms with Gasteiger partial charge >= 0.3 is 0 Å². The fourth-order valence-corrected chi connectivity index (χ4v) is 0.784. The molecule has 0 saturated heterocycles. The topological polar surface area (TPSA) is 67.8 Å². The first-order chi connectivity index (χ1) is 5.18. The number of hydrogen-bond donors (Lipinski definition) is 1. The number of nitrogens with zero attached hydrogens (tertiary/aromatic N) is 2. The van der Waals surface area contributed by atoms with Crippen LogP contribution in [-0.4, -0.2) is 10.7 Å². The minimum absolute atomic E-state index is 0.0938. The number of unbranched alkanes of at least 4 members (excludes halogenated alkanes) is 1. The molecule has 0 heterocycles. The third kappa shape index (κ3) is 3.60. The Kier molecular flexibility index (Phi) is 4.26. The second kappa shape index (κ2) is 4.71. The van der Waals surface area contributed by atoms with E-state index in [-0.39, 0.29) is 6.42 Å². The number of aliphatic hydroxyl groups is 1. The Labute approximate surface area is 66.9 Å². The molecule has 0 aromatic heterocycles. The van der Waals surface area contributed by atoms with Gasteiger partial charge in [-0.1, -0.05) is 13.3 Å². The first-order valence-electron chi connectivity index (χ1n) is 3.69. The minimum Gasteiger partial charge on any atom is -0.374 e. The normalized spacial score (nSPS) is 14.5. The van der Waals surface area contributed by atoms with Gasteiger partial charge in [-0.3, -0.25) is 0 Å². The summed E-state index contributed by atoms with van der Waals surface area (Å²) in [6.07, 6.45) is 2.01. The molecule has 0 aromatic carbocycles. The molecule has 0 rings (SSSR count). The Morgan fingerprint density at radius 3 is 2.45 bits per heavy atom. The van der Waals surface area contributed by atoms with Crippen molar-refractivity contribution in [2.75, 3.05) is 0 Å². The Balaban J connectivity index is 3.93. The molecule has 1 unspecified atom stereocenters. The van der Waals surface area contributed by atoms with Crippen LogP contribution in [-0.2, 0) is 0 Å². The maximum Gasteiger partial charge on any atom is 0.163 e. The minimum atomic E-state index is -1.41. The quantitative estimate of drug-likeness (QED) is 0.618. The summed E-state index contributed by atoms with van der Waals surface area (Å²) in [5.74, 6) is 0. The van der Waals surface area contributed by atoms with Crippen LogP contribution in [0.4, 0.5) is 0 Å². The molecule has 1 N–H and O–H groups in total. The summed E-state index contributed by atoms with van der Waals surface area (Å²) in [5, 5.41) is 26.1. The standard InChI is InChI=1S/C8H12N2O/c1-2-3-4-8(11,7-10)5-6-9/h11H,2-5H2,1H3. The van der Waals surface area contributed by atoms with Gasteiger partial charge in [0.05, 0.1) is 18.6 Å². The van der Waals surface area contributed by atoms with E-state index in [4.69, 9.17) is 10.5 Å².